The molecule has 2 atom stereocenters. The highest BCUT2D eigenvalue weighted by Crippen LogP contribution is 2.23. The number of hydrogen-bond acceptors (Lipinski definition) is 6. The smallest absolute Gasteiger partial charge is 0.151 e. The van der Waals surface area contributed by atoms with Gasteiger partial charge in [-0.2, -0.15) is 0 Å². The number of aromatic nitrogens is 1. The third-order valence-corrected chi connectivity index (χ3v) is 6.02. The summed E-state index contributed by atoms with van der Waals surface area (Å²) in [6.45, 7) is 1.66. The van der Waals surface area contributed by atoms with Crippen LogP contribution in [-0.2, 0) is 16.3 Å². The molecule has 2 aromatic rings. The molecule has 1 aromatic carbocycles. The quantitative estimate of drug-likeness (QED) is 0.623. The predicted octanol–water partition coefficient (Wildman–Crippen LogP) is 1.62. The fourth-order valence-corrected chi connectivity index (χ4v) is 3.63. The van der Waals surface area contributed by atoms with Crippen molar-refractivity contribution in [1.29, 1.82) is 0 Å². The molecule has 0 saturated carbocycles. The Morgan fingerprint density at radius 3 is 2.57 bits per heavy atom. The third-order valence-electron chi connectivity index (χ3n) is 3.47. The Hall–Kier alpha value is -1.28. The molecule has 0 bridgehead atoms. The lowest BCUT2D eigenvalue weighted by atomic mass is 10.1. The number of benzene rings is 1. The summed E-state index contributed by atoms with van der Waals surface area (Å²) in [6.07, 6.45) is 1.71. The summed E-state index contributed by atoms with van der Waals surface area (Å²) in [6, 6.07) is 9.52. The summed E-state index contributed by atoms with van der Waals surface area (Å²) in [4.78, 5) is 4.56. The first kappa shape index (κ1) is 16.1. The largest absolute Gasteiger partial charge is 0.271 e. The van der Waals surface area contributed by atoms with Gasteiger partial charge in [0.05, 0.1) is 16.0 Å². The van der Waals surface area contributed by atoms with E-state index in [1.807, 2.05) is 35.7 Å². The Morgan fingerprint density at radius 1 is 1.33 bits per heavy atom. The standard InChI is InChI=1S/C14H19N3O2S2/c1-10(21(2,18)19)12(17-15)8-14-16-13(9-20-14)11-6-4-3-5-7-11/h3-7,9-10,12,17H,8,15H2,1-2H3. The highest BCUT2D eigenvalue weighted by molar-refractivity contribution is 7.91. The summed E-state index contributed by atoms with van der Waals surface area (Å²) in [5, 5.41) is 2.28. The van der Waals surface area contributed by atoms with Gasteiger partial charge in [0.25, 0.3) is 0 Å². The van der Waals surface area contributed by atoms with Crippen LogP contribution in [-0.4, -0.2) is 30.9 Å². The molecule has 0 radical (unpaired) electrons. The van der Waals surface area contributed by atoms with Crippen LogP contribution in [0.3, 0.4) is 0 Å². The first-order chi connectivity index (χ1) is 9.91. The van der Waals surface area contributed by atoms with Crippen molar-refractivity contribution >= 4 is 21.2 Å². The van der Waals surface area contributed by atoms with E-state index >= 15 is 0 Å². The van der Waals surface area contributed by atoms with Crippen molar-refractivity contribution in [2.75, 3.05) is 6.26 Å². The van der Waals surface area contributed by atoms with E-state index in [4.69, 9.17) is 5.84 Å². The Bertz CT molecular complexity index is 683. The maximum atomic E-state index is 11.6. The number of nitrogens with one attached hydrogen (secondary N) is 1. The summed E-state index contributed by atoms with van der Waals surface area (Å²) in [7, 11) is -3.15. The number of rotatable bonds is 6. The lowest BCUT2D eigenvalue weighted by Gasteiger charge is -2.20. The lowest BCUT2D eigenvalue weighted by Crippen LogP contribution is -2.47. The average molecular weight is 325 g/mol. The third kappa shape index (κ3) is 4.10. The minimum Gasteiger partial charge on any atom is -0.271 e. The normalized spacial score (nSPS) is 14.8. The van der Waals surface area contributed by atoms with Crippen molar-refractivity contribution in [1.82, 2.24) is 10.4 Å². The van der Waals surface area contributed by atoms with Crippen LogP contribution in [0.4, 0.5) is 0 Å². The number of sulfone groups is 1. The molecular weight excluding hydrogens is 306 g/mol. The number of hydrogen-bond donors (Lipinski definition) is 2. The van der Waals surface area contributed by atoms with Gasteiger partial charge in [-0.05, 0) is 6.92 Å². The molecule has 7 heteroatoms. The molecule has 1 aromatic heterocycles. The second-order valence-electron chi connectivity index (χ2n) is 5.00. The van der Waals surface area contributed by atoms with Crippen LogP contribution < -0.4 is 11.3 Å². The van der Waals surface area contributed by atoms with E-state index in [0.29, 0.717) is 6.42 Å². The van der Waals surface area contributed by atoms with Gasteiger partial charge < -0.3 is 0 Å². The lowest BCUT2D eigenvalue weighted by molar-refractivity contribution is 0.493. The minimum absolute atomic E-state index is 0.352. The summed E-state index contributed by atoms with van der Waals surface area (Å²) in [5.74, 6) is 5.50. The van der Waals surface area contributed by atoms with Crippen LogP contribution in [0.25, 0.3) is 11.3 Å². The molecule has 2 unspecified atom stereocenters. The van der Waals surface area contributed by atoms with E-state index in [1.165, 1.54) is 17.6 Å². The van der Waals surface area contributed by atoms with Gasteiger partial charge in [0.2, 0.25) is 0 Å². The van der Waals surface area contributed by atoms with E-state index in [9.17, 15) is 8.42 Å². The van der Waals surface area contributed by atoms with Gasteiger partial charge in [-0.25, -0.2) is 13.4 Å². The molecule has 2 rings (SSSR count). The number of hydrazine groups is 1. The van der Waals surface area contributed by atoms with E-state index in [2.05, 4.69) is 10.4 Å². The second-order valence-corrected chi connectivity index (χ2v) is 8.35. The summed E-state index contributed by atoms with van der Waals surface area (Å²) >= 11 is 1.51. The second kappa shape index (κ2) is 6.65. The van der Waals surface area contributed by atoms with Crippen LogP contribution in [0.5, 0.6) is 0 Å². The van der Waals surface area contributed by atoms with Crippen molar-refractivity contribution in [3.05, 3.63) is 40.7 Å². The maximum absolute atomic E-state index is 11.6. The van der Waals surface area contributed by atoms with Crippen LogP contribution >= 0.6 is 11.3 Å². The van der Waals surface area contributed by atoms with Gasteiger partial charge in [-0.1, -0.05) is 30.3 Å². The monoisotopic (exact) mass is 325 g/mol. The molecule has 0 saturated heterocycles. The van der Waals surface area contributed by atoms with Crippen molar-refractivity contribution < 1.29 is 8.42 Å². The fraction of sp³-hybridized carbons (Fsp3) is 0.357. The zero-order chi connectivity index (χ0) is 15.5. The maximum Gasteiger partial charge on any atom is 0.151 e. The van der Waals surface area contributed by atoms with Gasteiger partial charge >= 0.3 is 0 Å². The molecule has 0 aliphatic rings. The minimum atomic E-state index is -3.15. The Kier molecular flexibility index (Phi) is 5.10. The van der Waals surface area contributed by atoms with Crippen molar-refractivity contribution in [3.8, 4) is 11.3 Å². The molecule has 0 fully saturated rings. The molecular formula is C14H19N3O2S2. The van der Waals surface area contributed by atoms with Crippen LogP contribution in [0.1, 0.15) is 11.9 Å². The van der Waals surface area contributed by atoms with Crippen LogP contribution in [0.15, 0.2) is 35.7 Å². The molecule has 114 valence electrons. The number of nitrogens with zero attached hydrogens (tertiary/aromatic N) is 1. The topological polar surface area (TPSA) is 85.1 Å². The molecule has 5 nitrogen and oxygen atoms in total. The Labute approximate surface area is 129 Å². The molecule has 0 spiro atoms. The van der Waals surface area contributed by atoms with Gasteiger partial charge in [0.15, 0.2) is 9.84 Å². The first-order valence-electron chi connectivity index (χ1n) is 6.56. The summed E-state index contributed by atoms with van der Waals surface area (Å²) in [5.41, 5.74) is 4.54. The fourth-order valence-electron chi connectivity index (χ4n) is 1.99. The van der Waals surface area contributed by atoms with E-state index in [1.54, 1.807) is 6.92 Å². The molecule has 0 aliphatic carbocycles. The molecule has 3 N–H and O–H groups in total. The number of nitrogens with two attached hydrogens (primary N) is 1. The highest BCUT2D eigenvalue weighted by Gasteiger charge is 2.26. The van der Waals surface area contributed by atoms with Crippen LogP contribution in [0.2, 0.25) is 0 Å². The van der Waals surface area contributed by atoms with Gasteiger partial charge in [-0.15, -0.1) is 11.3 Å². The molecule has 21 heavy (non-hydrogen) atoms. The van der Waals surface area contributed by atoms with Gasteiger partial charge in [-0.3, -0.25) is 11.3 Å². The van der Waals surface area contributed by atoms with Crippen molar-refractivity contribution in [2.24, 2.45) is 5.84 Å². The average Bonchev–Trinajstić information content (AvgIpc) is 2.92. The SMILES string of the molecule is CC(C(Cc1nc(-c2ccccc2)cs1)NN)S(C)(=O)=O. The molecule has 0 amide bonds. The zero-order valence-electron chi connectivity index (χ0n) is 12.0. The summed E-state index contributed by atoms with van der Waals surface area (Å²) < 4.78 is 23.3. The van der Waals surface area contributed by atoms with Crippen molar-refractivity contribution in [3.63, 3.8) is 0 Å². The predicted molar refractivity (Wildman–Crippen MR) is 86.7 cm³/mol. The Balaban J connectivity index is 2.15. The first-order valence-corrected chi connectivity index (χ1v) is 9.40. The molecule has 0 aliphatic heterocycles. The van der Waals surface area contributed by atoms with Crippen molar-refractivity contribution in [2.45, 2.75) is 24.6 Å². The molecule has 1 heterocycles. The van der Waals surface area contributed by atoms with E-state index < -0.39 is 15.1 Å². The van der Waals surface area contributed by atoms with E-state index in [0.717, 1.165) is 16.3 Å². The Morgan fingerprint density at radius 2 is 2.00 bits per heavy atom. The number of thiazole rings is 1. The van der Waals surface area contributed by atoms with Gasteiger partial charge in [0.1, 0.15) is 0 Å². The highest BCUT2D eigenvalue weighted by atomic mass is 32.2. The zero-order valence-corrected chi connectivity index (χ0v) is 13.6. The van der Waals surface area contributed by atoms with Crippen LogP contribution in [0, 0.1) is 0 Å². The van der Waals surface area contributed by atoms with Gasteiger partial charge in [0, 0.05) is 29.7 Å². The van der Waals surface area contributed by atoms with E-state index in [-0.39, 0.29) is 6.04 Å².